The van der Waals surface area contributed by atoms with E-state index in [4.69, 9.17) is 0 Å². The minimum atomic E-state index is -0.348. The molecule has 1 N–H and O–H groups in total. The van der Waals surface area contributed by atoms with Crippen LogP contribution in [0.3, 0.4) is 0 Å². The molecule has 5 nitrogen and oxygen atoms in total. The predicted molar refractivity (Wildman–Crippen MR) is 105 cm³/mol. The first kappa shape index (κ1) is 18.5. The first-order chi connectivity index (χ1) is 13.0. The molecule has 2 saturated heterocycles. The summed E-state index contributed by atoms with van der Waals surface area (Å²) in [5.41, 5.74) is 0.831. The Labute approximate surface area is 162 Å². The van der Waals surface area contributed by atoms with Gasteiger partial charge in [0.1, 0.15) is 0 Å². The number of nitrogens with one attached hydrogen (secondary N) is 1. The van der Waals surface area contributed by atoms with Crippen molar-refractivity contribution in [1.29, 1.82) is 0 Å². The summed E-state index contributed by atoms with van der Waals surface area (Å²) < 4.78 is 0. The number of likely N-dealkylation sites (tertiary alicyclic amines) is 2. The van der Waals surface area contributed by atoms with E-state index in [1.807, 2.05) is 23.1 Å². The first-order valence-electron chi connectivity index (χ1n) is 10.4. The molecule has 0 radical (unpaired) electrons. The van der Waals surface area contributed by atoms with Crippen LogP contribution in [-0.4, -0.2) is 52.8 Å². The van der Waals surface area contributed by atoms with Gasteiger partial charge in [0.05, 0.1) is 11.6 Å². The average Bonchev–Trinajstić information content (AvgIpc) is 3.27. The Morgan fingerprint density at radius 1 is 1.04 bits per heavy atom. The van der Waals surface area contributed by atoms with Crippen LogP contribution in [0.1, 0.15) is 57.6 Å². The van der Waals surface area contributed by atoms with E-state index in [0.29, 0.717) is 12.6 Å². The molecule has 3 aliphatic rings. The zero-order valence-electron chi connectivity index (χ0n) is 16.5. The van der Waals surface area contributed by atoms with E-state index in [-0.39, 0.29) is 29.3 Å². The fourth-order valence-electron chi connectivity index (χ4n) is 5.86. The predicted octanol–water partition coefficient (Wildman–Crippen LogP) is 2.73. The van der Waals surface area contributed by atoms with Crippen LogP contribution in [0.25, 0.3) is 0 Å². The molecule has 0 aromatic heterocycles. The largest absolute Gasteiger partial charge is 0.347 e. The van der Waals surface area contributed by atoms with Crippen LogP contribution in [-0.2, 0) is 9.59 Å². The van der Waals surface area contributed by atoms with Crippen LogP contribution in [0, 0.1) is 5.92 Å². The quantitative estimate of drug-likeness (QED) is 0.891. The van der Waals surface area contributed by atoms with E-state index in [1.165, 1.54) is 31.2 Å². The number of fused-ring (bicyclic) bond motifs is 1. The van der Waals surface area contributed by atoms with E-state index in [2.05, 4.69) is 22.3 Å². The Kier molecular flexibility index (Phi) is 4.97. The first-order valence-corrected chi connectivity index (χ1v) is 10.4. The van der Waals surface area contributed by atoms with Gasteiger partial charge in [0.25, 0.3) is 0 Å². The topological polar surface area (TPSA) is 52.7 Å². The van der Waals surface area contributed by atoms with Crippen LogP contribution < -0.4 is 5.32 Å². The molecule has 2 amide bonds. The van der Waals surface area contributed by atoms with Crippen molar-refractivity contribution >= 4 is 11.8 Å². The second kappa shape index (κ2) is 7.27. The summed E-state index contributed by atoms with van der Waals surface area (Å²) >= 11 is 0. The minimum Gasteiger partial charge on any atom is -0.347 e. The summed E-state index contributed by atoms with van der Waals surface area (Å²) in [5.74, 6) is 0.353. The zero-order valence-corrected chi connectivity index (χ0v) is 16.5. The van der Waals surface area contributed by atoms with Crippen LogP contribution in [0.2, 0.25) is 0 Å². The van der Waals surface area contributed by atoms with E-state index in [1.54, 1.807) is 13.8 Å². The Morgan fingerprint density at radius 2 is 1.74 bits per heavy atom. The van der Waals surface area contributed by atoms with Crippen molar-refractivity contribution in [2.45, 2.75) is 63.6 Å². The van der Waals surface area contributed by atoms with Crippen LogP contribution >= 0.6 is 0 Å². The van der Waals surface area contributed by atoms with Crippen molar-refractivity contribution in [1.82, 2.24) is 15.1 Å². The highest BCUT2D eigenvalue weighted by Crippen LogP contribution is 2.48. The highest BCUT2D eigenvalue weighted by molar-refractivity contribution is 5.77. The van der Waals surface area contributed by atoms with Crippen LogP contribution in [0.15, 0.2) is 30.3 Å². The third kappa shape index (κ3) is 3.38. The standard InChI is InChI=1S/C22H31N3O2/c1-16(26)23-22-14-24(19-10-6-7-11-19)13-12-20(22)21(25(15-22)17(2)27)18-8-4-3-5-9-18/h3-5,8-9,19-21H,6-7,10-15H2,1-2H3,(H,23,26)/t20-,21-,22-/m1/s1. The highest BCUT2D eigenvalue weighted by atomic mass is 16.2. The van der Waals surface area contributed by atoms with Crippen molar-refractivity contribution < 1.29 is 9.59 Å². The third-order valence-corrected chi connectivity index (χ3v) is 6.90. The van der Waals surface area contributed by atoms with E-state index in [0.717, 1.165) is 19.5 Å². The van der Waals surface area contributed by atoms with Gasteiger partial charge in [0, 0.05) is 38.9 Å². The minimum absolute atomic E-state index is 0.00508. The fourth-order valence-corrected chi connectivity index (χ4v) is 5.86. The summed E-state index contributed by atoms with van der Waals surface area (Å²) in [5, 5.41) is 3.32. The van der Waals surface area contributed by atoms with Crippen LogP contribution in [0.4, 0.5) is 0 Å². The molecule has 1 aliphatic carbocycles. The van der Waals surface area contributed by atoms with E-state index in [9.17, 15) is 9.59 Å². The molecule has 0 spiro atoms. The lowest BCUT2D eigenvalue weighted by Gasteiger charge is -2.47. The molecule has 2 heterocycles. The molecule has 2 aliphatic heterocycles. The monoisotopic (exact) mass is 369 g/mol. The van der Waals surface area contributed by atoms with Gasteiger partial charge in [-0.05, 0) is 31.4 Å². The summed E-state index contributed by atoms with van der Waals surface area (Å²) in [7, 11) is 0. The Bertz CT molecular complexity index is 701. The molecule has 146 valence electrons. The molecular formula is C22H31N3O2. The molecule has 0 bridgehead atoms. The lowest BCUT2D eigenvalue weighted by molar-refractivity contribution is -0.130. The SMILES string of the molecule is CC(=O)N[C@@]12CN(C3CCCC3)CC[C@@H]1[C@@H](c1ccccc1)N(C(C)=O)C2. The summed E-state index contributed by atoms with van der Waals surface area (Å²) in [6.45, 7) is 5.79. The maximum Gasteiger partial charge on any atom is 0.220 e. The van der Waals surface area contributed by atoms with Gasteiger partial charge in [-0.15, -0.1) is 0 Å². The number of carbonyl (C=O) groups excluding carboxylic acids is 2. The molecule has 5 heteroatoms. The molecule has 1 aromatic rings. The Balaban J connectivity index is 1.69. The number of hydrogen-bond acceptors (Lipinski definition) is 3. The lowest BCUT2D eigenvalue weighted by Crippen LogP contribution is -2.64. The van der Waals surface area contributed by atoms with E-state index >= 15 is 0 Å². The molecular weight excluding hydrogens is 338 g/mol. The molecule has 27 heavy (non-hydrogen) atoms. The lowest BCUT2D eigenvalue weighted by atomic mass is 9.75. The Morgan fingerprint density at radius 3 is 2.37 bits per heavy atom. The zero-order chi connectivity index (χ0) is 19.0. The van der Waals surface area contributed by atoms with Crippen molar-refractivity contribution in [3.8, 4) is 0 Å². The van der Waals surface area contributed by atoms with Gasteiger partial charge >= 0.3 is 0 Å². The normalized spacial score (nSPS) is 31.7. The number of carbonyl (C=O) groups is 2. The number of rotatable bonds is 3. The second-order valence-corrected chi connectivity index (χ2v) is 8.64. The maximum absolute atomic E-state index is 12.5. The van der Waals surface area contributed by atoms with Gasteiger partial charge in [-0.1, -0.05) is 43.2 Å². The summed E-state index contributed by atoms with van der Waals surface area (Å²) in [6, 6.07) is 11.0. The van der Waals surface area contributed by atoms with Gasteiger partial charge < -0.3 is 10.2 Å². The summed E-state index contributed by atoms with van der Waals surface area (Å²) in [4.78, 5) is 29.3. The van der Waals surface area contributed by atoms with Crippen molar-refractivity contribution in [2.75, 3.05) is 19.6 Å². The summed E-state index contributed by atoms with van der Waals surface area (Å²) in [6.07, 6.45) is 6.16. The van der Waals surface area contributed by atoms with Gasteiger partial charge in [0.15, 0.2) is 0 Å². The average molecular weight is 370 g/mol. The molecule has 1 aromatic carbocycles. The molecule has 3 atom stereocenters. The van der Waals surface area contributed by atoms with Crippen molar-refractivity contribution in [3.63, 3.8) is 0 Å². The van der Waals surface area contributed by atoms with E-state index < -0.39 is 0 Å². The molecule has 4 rings (SSSR count). The van der Waals surface area contributed by atoms with Gasteiger partial charge in [-0.3, -0.25) is 14.5 Å². The number of amides is 2. The second-order valence-electron chi connectivity index (χ2n) is 8.64. The number of hydrogen-bond donors (Lipinski definition) is 1. The molecule has 0 unspecified atom stereocenters. The van der Waals surface area contributed by atoms with Gasteiger partial charge in [0.2, 0.25) is 11.8 Å². The molecule has 1 saturated carbocycles. The number of nitrogens with zero attached hydrogens (tertiary/aromatic N) is 2. The smallest absolute Gasteiger partial charge is 0.220 e. The number of benzene rings is 1. The van der Waals surface area contributed by atoms with Crippen molar-refractivity contribution in [2.24, 2.45) is 5.92 Å². The molecule has 3 fully saturated rings. The van der Waals surface area contributed by atoms with Gasteiger partial charge in [-0.25, -0.2) is 0 Å². The number of piperidine rings is 1. The van der Waals surface area contributed by atoms with Crippen LogP contribution in [0.5, 0.6) is 0 Å². The highest BCUT2D eigenvalue weighted by Gasteiger charge is 2.57. The maximum atomic E-state index is 12.5. The third-order valence-electron chi connectivity index (χ3n) is 6.90. The van der Waals surface area contributed by atoms with Gasteiger partial charge in [-0.2, -0.15) is 0 Å². The fraction of sp³-hybridized carbons (Fsp3) is 0.636. The van der Waals surface area contributed by atoms with Crippen molar-refractivity contribution in [3.05, 3.63) is 35.9 Å². The Hall–Kier alpha value is -1.88.